The highest BCUT2D eigenvalue weighted by atomic mass is 16.6. The number of carbonyl (C=O) groups is 1. The minimum absolute atomic E-state index is 0.0275. The van der Waals surface area contributed by atoms with Crippen molar-refractivity contribution in [1.82, 2.24) is 0 Å². The van der Waals surface area contributed by atoms with Gasteiger partial charge in [0.25, 0.3) is 5.69 Å². The molecule has 0 spiro atoms. The largest absolute Gasteiger partial charge is 0.479 e. The Morgan fingerprint density at radius 3 is 2.31 bits per heavy atom. The first kappa shape index (κ1) is 19.5. The summed E-state index contributed by atoms with van der Waals surface area (Å²) in [6.45, 7) is -0.0448. The second-order valence-corrected chi connectivity index (χ2v) is 5.79. The molecule has 146 valence electrons. The van der Waals surface area contributed by atoms with Crippen molar-refractivity contribution in [3.8, 4) is 5.75 Å². The van der Waals surface area contributed by atoms with E-state index in [1.807, 2.05) is 0 Å². The van der Waals surface area contributed by atoms with Gasteiger partial charge in [0.05, 0.1) is 15.4 Å². The van der Waals surface area contributed by atoms with Crippen LogP contribution in [0, 0.1) is 20.2 Å². The second kappa shape index (κ2) is 8.61. The number of hydrogen-bond acceptors (Lipinski definition) is 7. The summed E-state index contributed by atoms with van der Waals surface area (Å²) in [5.74, 6) is 0.294. The quantitative estimate of drug-likeness (QED) is 0.237. The molecule has 9 nitrogen and oxygen atoms in total. The van der Waals surface area contributed by atoms with Crippen molar-refractivity contribution in [3.63, 3.8) is 0 Å². The number of nitro benzene ring substituents is 2. The molecule has 0 aliphatic rings. The Bertz CT molecular complexity index is 1100. The number of allylic oxidation sites excluding steroid dienone is 1. The number of rotatable bonds is 8. The summed E-state index contributed by atoms with van der Waals surface area (Å²) in [5.41, 5.74) is -0.463. The molecule has 0 saturated heterocycles. The highest BCUT2D eigenvalue weighted by molar-refractivity contribution is 6.09. The van der Waals surface area contributed by atoms with Crippen LogP contribution >= 0.6 is 0 Å². The second-order valence-electron chi connectivity index (χ2n) is 5.79. The SMILES string of the molecule is O=C(/C=C/c1ccc(COc2ccccc2[N+](=O)[O-])o1)c1ccccc1[N+](=O)[O-]. The number of nitrogens with zero attached hydrogens (tertiary/aromatic N) is 2. The predicted molar refractivity (Wildman–Crippen MR) is 103 cm³/mol. The summed E-state index contributed by atoms with van der Waals surface area (Å²) in [6, 6.07) is 14.8. The lowest BCUT2D eigenvalue weighted by Crippen LogP contribution is -2.00. The lowest BCUT2D eigenvalue weighted by Gasteiger charge is -2.04. The van der Waals surface area contributed by atoms with Gasteiger partial charge in [-0.25, -0.2) is 0 Å². The van der Waals surface area contributed by atoms with Crippen molar-refractivity contribution < 1.29 is 23.8 Å². The summed E-state index contributed by atoms with van der Waals surface area (Å²) in [7, 11) is 0. The third-order valence-electron chi connectivity index (χ3n) is 3.88. The van der Waals surface area contributed by atoms with Gasteiger partial charge >= 0.3 is 5.69 Å². The molecule has 0 fully saturated rings. The Morgan fingerprint density at radius 1 is 0.931 bits per heavy atom. The Labute approximate surface area is 164 Å². The van der Waals surface area contributed by atoms with Gasteiger partial charge < -0.3 is 9.15 Å². The summed E-state index contributed by atoms with van der Waals surface area (Å²) in [6.07, 6.45) is 2.56. The van der Waals surface area contributed by atoms with E-state index in [-0.39, 0.29) is 29.3 Å². The van der Waals surface area contributed by atoms with E-state index in [1.165, 1.54) is 48.6 Å². The van der Waals surface area contributed by atoms with Crippen LogP contribution in [-0.4, -0.2) is 15.6 Å². The average Bonchev–Trinajstić information content (AvgIpc) is 3.18. The van der Waals surface area contributed by atoms with E-state index < -0.39 is 15.6 Å². The first-order valence-electron chi connectivity index (χ1n) is 8.36. The molecule has 2 aromatic carbocycles. The van der Waals surface area contributed by atoms with Crippen molar-refractivity contribution in [2.24, 2.45) is 0 Å². The molecule has 1 heterocycles. The van der Waals surface area contributed by atoms with Crippen molar-refractivity contribution in [3.05, 3.63) is 104 Å². The molecule has 9 heteroatoms. The van der Waals surface area contributed by atoms with Crippen LogP contribution in [0.3, 0.4) is 0 Å². The van der Waals surface area contributed by atoms with Gasteiger partial charge in [0.2, 0.25) is 0 Å². The van der Waals surface area contributed by atoms with Crippen LogP contribution in [0.15, 0.2) is 71.2 Å². The van der Waals surface area contributed by atoms with Gasteiger partial charge in [-0.05, 0) is 36.4 Å². The third kappa shape index (κ3) is 4.72. The molecule has 0 aliphatic carbocycles. The summed E-state index contributed by atoms with van der Waals surface area (Å²) < 4.78 is 10.9. The van der Waals surface area contributed by atoms with Crippen molar-refractivity contribution >= 4 is 23.2 Å². The monoisotopic (exact) mass is 394 g/mol. The van der Waals surface area contributed by atoms with Crippen LogP contribution in [0.2, 0.25) is 0 Å². The molecule has 0 atom stereocenters. The fourth-order valence-electron chi connectivity index (χ4n) is 2.53. The number of para-hydroxylation sites is 3. The Hall–Kier alpha value is -4.27. The van der Waals surface area contributed by atoms with Crippen molar-refractivity contribution in [2.75, 3.05) is 0 Å². The molecule has 29 heavy (non-hydrogen) atoms. The number of carbonyl (C=O) groups excluding carboxylic acids is 1. The first-order chi connectivity index (χ1) is 14.0. The minimum Gasteiger partial charge on any atom is -0.479 e. The van der Waals surface area contributed by atoms with E-state index >= 15 is 0 Å². The lowest BCUT2D eigenvalue weighted by atomic mass is 10.1. The molecule has 0 bridgehead atoms. The van der Waals surface area contributed by atoms with Gasteiger partial charge in [-0.1, -0.05) is 24.3 Å². The molecule has 0 saturated carbocycles. The number of furan rings is 1. The molecule has 0 unspecified atom stereocenters. The van der Waals surface area contributed by atoms with Crippen LogP contribution in [0.1, 0.15) is 21.9 Å². The number of nitro groups is 2. The number of benzene rings is 2. The van der Waals surface area contributed by atoms with Crippen LogP contribution < -0.4 is 4.74 Å². The topological polar surface area (TPSA) is 126 Å². The normalized spacial score (nSPS) is 10.8. The minimum atomic E-state index is -0.619. The van der Waals surface area contributed by atoms with Crippen LogP contribution in [0.5, 0.6) is 5.75 Å². The van der Waals surface area contributed by atoms with Crippen molar-refractivity contribution in [2.45, 2.75) is 6.61 Å². The maximum Gasteiger partial charge on any atom is 0.310 e. The Morgan fingerprint density at radius 2 is 1.59 bits per heavy atom. The Kier molecular flexibility index (Phi) is 5.79. The molecule has 0 aliphatic heterocycles. The molecule has 3 rings (SSSR count). The summed E-state index contributed by atoms with van der Waals surface area (Å²) in [4.78, 5) is 33.1. The average molecular weight is 394 g/mol. The van der Waals surface area contributed by atoms with Gasteiger partial charge in [0.1, 0.15) is 18.1 Å². The van der Waals surface area contributed by atoms with E-state index in [0.717, 1.165) is 0 Å². The van der Waals surface area contributed by atoms with Crippen molar-refractivity contribution in [1.29, 1.82) is 0 Å². The third-order valence-corrected chi connectivity index (χ3v) is 3.88. The number of ketones is 1. The zero-order chi connectivity index (χ0) is 20.8. The maximum absolute atomic E-state index is 12.2. The van der Waals surface area contributed by atoms with E-state index in [1.54, 1.807) is 24.3 Å². The summed E-state index contributed by atoms with van der Waals surface area (Å²) >= 11 is 0. The molecule has 3 aromatic rings. The standard InChI is InChI=1S/C20H14N2O7/c23-19(16-5-1-2-6-17(16)21(24)25)12-11-14-9-10-15(29-14)13-28-20-8-4-3-7-18(20)22(26)27/h1-12H,13H2/b12-11+. The van der Waals surface area contributed by atoms with Gasteiger partial charge in [-0.3, -0.25) is 25.0 Å². The van der Waals surface area contributed by atoms with E-state index in [9.17, 15) is 25.0 Å². The molecule has 1 aromatic heterocycles. The highest BCUT2D eigenvalue weighted by Gasteiger charge is 2.17. The van der Waals surface area contributed by atoms with Crippen LogP contribution in [-0.2, 0) is 6.61 Å². The van der Waals surface area contributed by atoms with Gasteiger partial charge in [-0.2, -0.15) is 0 Å². The number of ether oxygens (including phenoxy) is 1. The fourth-order valence-corrected chi connectivity index (χ4v) is 2.53. The van der Waals surface area contributed by atoms with Gasteiger partial charge in [0, 0.05) is 12.1 Å². The zero-order valence-electron chi connectivity index (χ0n) is 14.9. The van der Waals surface area contributed by atoms with E-state index in [2.05, 4.69) is 0 Å². The molecule has 0 N–H and O–H groups in total. The Balaban J connectivity index is 1.67. The smallest absolute Gasteiger partial charge is 0.310 e. The lowest BCUT2D eigenvalue weighted by molar-refractivity contribution is -0.386. The molecular weight excluding hydrogens is 380 g/mol. The maximum atomic E-state index is 12.2. The predicted octanol–water partition coefficient (Wildman–Crippen LogP) is 4.57. The highest BCUT2D eigenvalue weighted by Crippen LogP contribution is 2.27. The summed E-state index contributed by atoms with van der Waals surface area (Å²) in [5, 5.41) is 22.0. The molecule has 0 amide bonds. The van der Waals surface area contributed by atoms with E-state index in [4.69, 9.17) is 9.15 Å². The first-order valence-corrected chi connectivity index (χ1v) is 8.36. The van der Waals surface area contributed by atoms with Crippen LogP contribution in [0.25, 0.3) is 6.08 Å². The zero-order valence-corrected chi connectivity index (χ0v) is 14.9. The van der Waals surface area contributed by atoms with Gasteiger partial charge in [-0.15, -0.1) is 0 Å². The van der Waals surface area contributed by atoms with Crippen LogP contribution in [0.4, 0.5) is 11.4 Å². The van der Waals surface area contributed by atoms with Gasteiger partial charge in [0.15, 0.2) is 11.5 Å². The molecule has 0 radical (unpaired) electrons. The number of hydrogen-bond donors (Lipinski definition) is 0. The fraction of sp³-hybridized carbons (Fsp3) is 0.0500. The molecular formula is C20H14N2O7. The van der Waals surface area contributed by atoms with E-state index in [0.29, 0.717) is 11.5 Å².